The fourth-order valence-electron chi connectivity index (χ4n) is 3.94. The molecule has 1 unspecified atom stereocenters. The second kappa shape index (κ2) is 7.99. The summed E-state index contributed by atoms with van der Waals surface area (Å²) >= 11 is 0. The van der Waals surface area contributed by atoms with Gasteiger partial charge in [0, 0.05) is 0 Å². The molecule has 0 saturated heterocycles. The first-order valence-electron chi connectivity index (χ1n) is 10.2. The Morgan fingerprint density at radius 1 is 0.828 bits per heavy atom. The van der Waals surface area contributed by atoms with Crippen LogP contribution in [0.15, 0.2) is 60.7 Å². The maximum absolute atomic E-state index is 12.6. The fourth-order valence-corrected chi connectivity index (χ4v) is 3.94. The Kier molecular flexibility index (Phi) is 5.41. The summed E-state index contributed by atoms with van der Waals surface area (Å²) in [6.07, 6.45) is 3.99. The first kappa shape index (κ1) is 19.6. The van der Waals surface area contributed by atoms with Crippen molar-refractivity contribution in [3.63, 3.8) is 0 Å². The molecule has 2 aliphatic rings. The average molecular weight is 394 g/mol. The van der Waals surface area contributed by atoms with E-state index in [2.05, 4.69) is 0 Å². The molecule has 0 amide bonds. The van der Waals surface area contributed by atoms with Crippen LogP contribution in [0, 0.1) is 0 Å². The molecule has 0 N–H and O–H groups in total. The summed E-state index contributed by atoms with van der Waals surface area (Å²) in [5.74, 6) is -0.664. The summed E-state index contributed by atoms with van der Waals surface area (Å²) in [5.41, 5.74) is 0.0539. The highest BCUT2D eigenvalue weighted by Crippen LogP contribution is 2.58. The maximum Gasteiger partial charge on any atom is 0.338 e. The highest BCUT2D eigenvalue weighted by Gasteiger charge is 2.66. The van der Waals surface area contributed by atoms with E-state index < -0.39 is 11.2 Å². The largest absolute Gasteiger partial charge is 0.457 e. The van der Waals surface area contributed by atoms with Gasteiger partial charge in [-0.1, -0.05) is 36.4 Å². The number of rotatable bonds is 8. The molecule has 2 fully saturated rings. The molecule has 5 heteroatoms. The third-order valence-electron chi connectivity index (χ3n) is 5.91. The highest BCUT2D eigenvalue weighted by atomic mass is 16.6. The van der Waals surface area contributed by atoms with Crippen molar-refractivity contribution in [2.24, 2.45) is 0 Å². The van der Waals surface area contributed by atoms with Gasteiger partial charge in [0.2, 0.25) is 0 Å². The minimum atomic E-state index is -0.554. The fraction of sp³-hybridized carbons (Fsp3) is 0.417. The van der Waals surface area contributed by atoms with Gasteiger partial charge in [-0.3, -0.25) is 0 Å². The van der Waals surface area contributed by atoms with Gasteiger partial charge in [0.15, 0.2) is 0 Å². The van der Waals surface area contributed by atoms with Gasteiger partial charge in [0.1, 0.15) is 17.3 Å². The third kappa shape index (κ3) is 4.06. The lowest BCUT2D eigenvalue weighted by Gasteiger charge is -2.47. The Morgan fingerprint density at radius 3 is 1.86 bits per heavy atom. The number of carbonyl (C=O) groups excluding carboxylic acids is 2. The van der Waals surface area contributed by atoms with Crippen LogP contribution in [0.3, 0.4) is 0 Å². The van der Waals surface area contributed by atoms with Crippen molar-refractivity contribution in [3.05, 3.63) is 71.8 Å². The maximum atomic E-state index is 12.6. The predicted molar refractivity (Wildman–Crippen MR) is 108 cm³/mol. The highest BCUT2D eigenvalue weighted by molar-refractivity contribution is 5.90. The monoisotopic (exact) mass is 394 g/mol. The van der Waals surface area contributed by atoms with E-state index >= 15 is 0 Å². The molecule has 1 atom stereocenters. The molecule has 5 nitrogen and oxygen atoms in total. The van der Waals surface area contributed by atoms with Crippen molar-refractivity contribution in [1.82, 2.24) is 0 Å². The van der Waals surface area contributed by atoms with Gasteiger partial charge in [-0.05, 0) is 63.3 Å². The number of hydrogen-bond donors (Lipinski definition) is 0. The lowest BCUT2D eigenvalue weighted by atomic mass is 9.73. The Bertz CT molecular complexity index is 853. The van der Waals surface area contributed by atoms with Crippen molar-refractivity contribution < 1.29 is 23.8 Å². The Labute approximate surface area is 171 Å². The topological polar surface area (TPSA) is 61.8 Å². The SMILES string of the molecule is CC(COC1(C2(OC(=O)c3ccccc3)CC2)CCC1)OC(=O)c1ccccc1. The van der Waals surface area contributed by atoms with Crippen molar-refractivity contribution in [3.8, 4) is 0 Å². The molecule has 2 aromatic carbocycles. The van der Waals surface area contributed by atoms with E-state index in [0.29, 0.717) is 11.1 Å². The summed E-state index contributed by atoms with van der Waals surface area (Å²) in [6.45, 7) is 2.10. The molecule has 0 bridgehead atoms. The molecule has 4 rings (SSSR count). The van der Waals surface area contributed by atoms with Gasteiger partial charge in [0.25, 0.3) is 0 Å². The molecule has 2 aromatic rings. The molecule has 2 aliphatic carbocycles. The van der Waals surface area contributed by atoms with Crippen LogP contribution in [0.25, 0.3) is 0 Å². The number of carbonyl (C=O) groups is 2. The summed E-state index contributed by atoms with van der Waals surface area (Å²) in [6, 6.07) is 18.0. The summed E-state index contributed by atoms with van der Waals surface area (Å²) < 4.78 is 17.7. The third-order valence-corrected chi connectivity index (χ3v) is 5.91. The zero-order chi connectivity index (χ0) is 20.3. The molecule has 2 saturated carbocycles. The molecule has 0 aliphatic heterocycles. The van der Waals surface area contributed by atoms with Crippen LogP contribution in [0.4, 0.5) is 0 Å². The predicted octanol–water partition coefficient (Wildman–Crippen LogP) is 4.56. The number of ether oxygens (including phenoxy) is 3. The Balaban J connectivity index is 1.35. The van der Waals surface area contributed by atoms with Gasteiger partial charge in [-0.25, -0.2) is 9.59 Å². The van der Waals surface area contributed by atoms with Gasteiger partial charge >= 0.3 is 11.9 Å². The van der Waals surface area contributed by atoms with E-state index in [1.165, 1.54) is 0 Å². The molecule has 0 aromatic heterocycles. The number of hydrogen-bond acceptors (Lipinski definition) is 5. The average Bonchev–Trinajstić information content (AvgIpc) is 3.49. The zero-order valence-electron chi connectivity index (χ0n) is 16.6. The van der Waals surface area contributed by atoms with Crippen LogP contribution in [0.2, 0.25) is 0 Å². The van der Waals surface area contributed by atoms with E-state index in [1.807, 2.05) is 31.2 Å². The summed E-state index contributed by atoms with van der Waals surface area (Å²) in [4.78, 5) is 24.8. The molecule has 0 radical (unpaired) electrons. The summed E-state index contributed by atoms with van der Waals surface area (Å²) in [7, 11) is 0. The molecule has 152 valence electrons. The van der Waals surface area contributed by atoms with E-state index in [1.54, 1.807) is 36.4 Å². The van der Waals surface area contributed by atoms with Gasteiger partial charge in [-0.2, -0.15) is 0 Å². The smallest absolute Gasteiger partial charge is 0.338 e. The van der Waals surface area contributed by atoms with Crippen LogP contribution in [-0.4, -0.2) is 35.9 Å². The standard InChI is InChI=1S/C24H26O5/c1-18(28-21(25)19-9-4-2-5-10-19)17-27-23(13-8-14-23)24(15-16-24)29-22(26)20-11-6-3-7-12-20/h2-7,9-12,18H,8,13-17H2,1H3. The molecule has 29 heavy (non-hydrogen) atoms. The zero-order valence-corrected chi connectivity index (χ0v) is 16.6. The van der Waals surface area contributed by atoms with Crippen molar-refractivity contribution >= 4 is 11.9 Å². The van der Waals surface area contributed by atoms with Crippen LogP contribution in [-0.2, 0) is 14.2 Å². The normalized spacial score (nSPS) is 19.5. The van der Waals surface area contributed by atoms with E-state index in [9.17, 15) is 9.59 Å². The number of esters is 2. The van der Waals surface area contributed by atoms with E-state index in [-0.39, 0.29) is 24.6 Å². The molecular formula is C24H26O5. The van der Waals surface area contributed by atoms with Gasteiger partial charge in [-0.15, -0.1) is 0 Å². The Hall–Kier alpha value is -2.66. The first-order chi connectivity index (χ1) is 14.0. The lowest BCUT2D eigenvalue weighted by Crippen LogP contribution is -2.55. The van der Waals surface area contributed by atoms with E-state index in [4.69, 9.17) is 14.2 Å². The minimum absolute atomic E-state index is 0.281. The number of benzene rings is 2. The first-order valence-corrected chi connectivity index (χ1v) is 10.2. The van der Waals surface area contributed by atoms with Crippen molar-refractivity contribution in [2.75, 3.05) is 6.61 Å². The van der Waals surface area contributed by atoms with E-state index in [0.717, 1.165) is 32.1 Å². The van der Waals surface area contributed by atoms with Crippen LogP contribution < -0.4 is 0 Å². The van der Waals surface area contributed by atoms with Crippen LogP contribution in [0.5, 0.6) is 0 Å². The minimum Gasteiger partial charge on any atom is -0.457 e. The molecular weight excluding hydrogens is 368 g/mol. The molecule has 0 heterocycles. The van der Waals surface area contributed by atoms with Crippen LogP contribution in [0.1, 0.15) is 59.7 Å². The Morgan fingerprint density at radius 2 is 1.38 bits per heavy atom. The van der Waals surface area contributed by atoms with Crippen molar-refractivity contribution in [1.29, 1.82) is 0 Å². The lowest BCUT2D eigenvalue weighted by molar-refractivity contribution is -0.193. The van der Waals surface area contributed by atoms with Gasteiger partial charge in [0.05, 0.1) is 17.7 Å². The second-order valence-corrected chi connectivity index (χ2v) is 7.99. The van der Waals surface area contributed by atoms with Crippen molar-refractivity contribution in [2.45, 2.75) is 56.3 Å². The van der Waals surface area contributed by atoms with Crippen LogP contribution >= 0.6 is 0 Å². The van der Waals surface area contributed by atoms with Gasteiger partial charge < -0.3 is 14.2 Å². The quantitative estimate of drug-likeness (QED) is 0.614. The second-order valence-electron chi connectivity index (χ2n) is 7.99. The molecule has 0 spiro atoms. The summed E-state index contributed by atoms with van der Waals surface area (Å²) in [5, 5.41) is 0.